The molecular formula is C104H81B3N6O3. The maximum Gasteiger partial charge on any atom is 0.260 e. The molecule has 554 valence electrons. The lowest BCUT2D eigenvalue weighted by atomic mass is 9.29. The molecule has 116 heavy (non-hydrogen) atoms. The molecule has 9 nitrogen and oxygen atoms in total. The normalized spacial score (nSPS) is 13.6. The fraction of sp³-hybridized carbons (Fsp3) is 0.135. The van der Waals surface area contributed by atoms with E-state index < -0.39 is 0 Å². The largest absolute Gasteiger partial charge is 0.458 e. The maximum absolute atomic E-state index is 7.90. The van der Waals surface area contributed by atoms with E-state index in [9.17, 15) is 0 Å². The van der Waals surface area contributed by atoms with Crippen LogP contribution in [-0.4, -0.2) is 33.8 Å². The number of aromatic nitrogens is 3. The third kappa shape index (κ3) is 9.38. The van der Waals surface area contributed by atoms with Crippen molar-refractivity contribution in [2.24, 2.45) is 0 Å². The number of ether oxygens (including phenoxy) is 3. The average molecular weight is 1500 g/mol. The molecule has 6 aliphatic heterocycles. The van der Waals surface area contributed by atoms with Crippen molar-refractivity contribution < 1.29 is 14.2 Å². The molecule has 0 fully saturated rings. The Morgan fingerprint density at radius 3 is 0.957 bits per heavy atom. The van der Waals surface area contributed by atoms with Crippen LogP contribution in [0.2, 0.25) is 0 Å². The molecule has 0 bridgehead atoms. The van der Waals surface area contributed by atoms with E-state index in [1.807, 2.05) is 0 Å². The highest BCUT2D eigenvalue weighted by Gasteiger charge is 2.50. The average Bonchev–Trinajstić information content (AvgIpc) is 0.853. The molecule has 0 saturated carbocycles. The Morgan fingerprint density at radius 1 is 0.224 bits per heavy atom. The quantitative estimate of drug-likeness (QED) is 0.173. The summed E-state index contributed by atoms with van der Waals surface area (Å²) in [5.74, 6) is 4.95. The number of hydrogen-bond acceptors (Lipinski definition) is 6. The summed E-state index contributed by atoms with van der Waals surface area (Å²) in [7, 11) is 0. The Labute approximate surface area is 675 Å². The van der Waals surface area contributed by atoms with Crippen LogP contribution in [0.4, 0.5) is 45.5 Å². The Hall–Kier alpha value is -13.3. The van der Waals surface area contributed by atoms with Crippen LogP contribution >= 0.6 is 0 Å². The third-order valence-corrected chi connectivity index (χ3v) is 26.4. The second-order valence-corrected chi connectivity index (χ2v) is 34.7. The summed E-state index contributed by atoms with van der Waals surface area (Å²) in [4.78, 5) is 5.33. The van der Waals surface area contributed by atoms with Crippen LogP contribution in [0.5, 0.6) is 34.5 Å². The minimum Gasteiger partial charge on any atom is -0.458 e. The topological polar surface area (TPSA) is 61.0 Å². The van der Waals surface area contributed by atoms with Crippen molar-refractivity contribution in [3.05, 3.63) is 308 Å². The van der Waals surface area contributed by atoms with Crippen LogP contribution in [-0.2, 0) is 0 Å². The summed E-state index contributed by atoms with van der Waals surface area (Å²) in [5.41, 5.74) is 46.1. The molecule has 0 spiro atoms. The van der Waals surface area contributed by atoms with E-state index in [2.05, 4.69) is 356 Å². The molecule has 6 aliphatic rings. The molecule has 0 amide bonds. The molecule has 0 aliphatic carbocycles. The minimum atomic E-state index is -0.340. The van der Waals surface area contributed by atoms with Crippen LogP contribution in [0.3, 0.4) is 0 Å². The van der Waals surface area contributed by atoms with E-state index in [0.717, 1.165) is 157 Å². The van der Waals surface area contributed by atoms with Gasteiger partial charge in [0.2, 0.25) is 0 Å². The molecule has 0 saturated heterocycles. The standard InChI is InChI=1S/C104H81B3N6O3/c1-53-15-23-84-70(35-53)71-36-54(2)16-24-85(71)109(84)67-43-83-100-97(46-67)114-94-29-21-59(7)41-79(94)105(100)76-49-77-90(51-82(76)108-83)112(103-63(11)31-61(9)32-64(103)12)92-44-68(110-86-25-17-55(3)37-72(86)73-38-56(4)18-26-87(73)110)45-93-101(92)106(77)78-50-81-96(52-91(78)113(93)104-65(13)33-62(10)34-66(104)14)116-99-48-69(47-98-102(99)107(81)80-42-60(8)22-30-95(80)115-98)111-88-27-19-57(5)39-74(88)75-40-58(6)20-28-89(75)111/h15-52,108H,1-14H3. The van der Waals surface area contributed by atoms with Gasteiger partial charge in [-0.3, -0.25) is 0 Å². The van der Waals surface area contributed by atoms with E-state index in [-0.39, 0.29) is 20.1 Å². The van der Waals surface area contributed by atoms with Gasteiger partial charge < -0.3 is 43.0 Å². The van der Waals surface area contributed by atoms with Crippen molar-refractivity contribution in [2.75, 3.05) is 15.1 Å². The number of nitrogens with one attached hydrogen (secondary N) is 1. The van der Waals surface area contributed by atoms with Gasteiger partial charge in [-0.15, -0.1) is 0 Å². The number of aryl methyl sites for hydroxylation is 14. The highest BCUT2D eigenvalue weighted by atomic mass is 16.5. The third-order valence-electron chi connectivity index (χ3n) is 26.4. The van der Waals surface area contributed by atoms with Crippen molar-refractivity contribution in [2.45, 2.75) is 96.9 Å². The SMILES string of the molecule is Cc1cc(C)c(N2c3cc4c(cc3B3c5cc6c(cc5N(c5c(C)cc(C)cc5C)c5cc(-n7c8ccc(C)cc8c8cc(C)ccc87)cc2c53)Oc2cc(-n3c5ccc(C)cc5c5cc(C)ccc53)cc3c2B6c2cc(C)ccc2O3)B2c3cc(C)ccc3Oc3cc(-n5c6ccc(C)cc6c6cc(C)ccc65)cc(c32)N4)c(C)c1. The zero-order valence-electron chi connectivity index (χ0n) is 67.6. The van der Waals surface area contributed by atoms with Crippen molar-refractivity contribution in [3.8, 4) is 51.6 Å². The predicted octanol–water partition coefficient (Wildman–Crippen LogP) is 20.8. The van der Waals surface area contributed by atoms with Crippen LogP contribution in [0.15, 0.2) is 231 Å². The van der Waals surface area contributed by atoms with Gasteiger partial charge in [0.15, 0.2) is 0 Å². The highest BCUT2D eigenvalue weighted by molar-refractivity contribution is 7.04. The molecule has 1 N–H and O–H groups in total. The summed E-state index contributed by atoms with van der Waals surface area (Å²) in [5, 5.41) is 11.7. The van der Waals surface area contributed by atoms with Gasteiger partial charge in [-0.1, -0.05) is 153 Å². The molecule has 3 aromatic heterocycles. The first-order chi connectivity index (χ1) is 56.2. The summed E-state index contributed by atoms with van der Waals surface area (Å²) in [6.07, 6.45) is 0. The summed E-state index contributed by atoms with van der Waals surface area (Å²) < 4.78 is 30.0. The summed E-state index contributed by atoms with van der Waals surface area (Å²) in [6, 6.07) is 89.1. The first kappa shape index (κ1) is 67.2. The van der Waals surface area contributed by atoms with Crippen molar-refractivity contribution in [1.82, 2.24) is 13.7 Å². The Kier molecular flexibility index (Phi) is 13.7. The first-order valence-electron chi connectivity index (χ1n) is 40.9. The summed E-state index contributed by atoms with van der Waals surface area (Å²) in [6.45, 7) is 30.6. The van der Waals surface area contributed by atoms with Crippen LogP contribution in [0.1, 0.15) is 77.9 Å². The minimum absolute atomic E-state index is 0.211. The zero-order chi connectivity index (χ0) is 78.3. The second kappa shape index (κ2) is 23.7. The first-order valence-corrected chi connectivity index (χ1v) is 40.9. The number of rotatable bonds is 5. The molecule has 24 rings (SSSR count). The lowest BCUT2D eigenvalue weighted by Crippen LogP contribution is -2.65. The van der Waals surface area contributed by atoms with Gasteiger partial charge in [-0.25, -0.2) is 0 Å². The van der Waals surface area contributed by atoms with Crippen molar-refractivity contribution in [3.63, 3.8) is 0 Å². The maximum atomic E-state index is 7.90. The molecule has 12 heteroatoms. The van der Waals surface area contributed by atoms with Gasteiger partial charge in [0.1, 0.15) is 34.5 Å². The van der Waals surface area contributed by atoms with Crippen molar-refractivity contribution in [1.29, 1.82) is 0 Å². The lowest BCUT2D eigenvalue weighted by molar-refractivity contribution is 0.464. The predicted molar refractivity (Wildman–Crippen MR) is 488 cm³/mol. The number of benzene rings is 15. The highest BCUT2D eigenvalue weighted by Crippen LogP contribution is 2.52. The van der Waals surface area contributed by atoms with E-state index in [4.69, 9.17) is 14.2 Å². The lowest BCUT2D eigenvalue weighted by Gasteiger charge is -2.47. The second-order valence-electron chi connectivity index (χ2n) is 34.7. The van der Waals surface area contributed by atoms with Crippen LogP contribution < -0.4 is 78.5 Å². The molecule has 15 aromatic carbocycles. The molecule has 0 atom stereocenters. The Bertz CT molecular complexity index is 7040. The van der Waals surface area contributed by atoms with Crippen LogP contribution in [0.25, 0.3) is 82.5 Å². The number of hydrogen-bond donors (Lipinski definition) is 1. The van der Waals surface area contributed by atoms with E-state index in [1.165, 1.54) is 132 Å². The molecule has 18 aromatic rings. The van der Waals surface area contributed by atoms with E-state index in [0.29, 0.717) is 0 Å². The fourth-order valence-electron chi connectivity index (χ4n) is 21.8. The van der Waals surface area contributed by atoms with Gasteiger partial charge in [0, 0.05) is 96.2 Å². The fourth-order valence-corrected chi connectivity index (χ4v) is 21.8. The van der Waals surface area contributed by atoms with Gasteiger partial charge in [0.25, 0.3) is 20.1 Å². The number of anilines is 8. The van der Waals surface area contributed by atoms with Gasteiger partial charge in [0.05, 0.1) is 61.5 Å². The Balaban J connectivity index is 0.816. The zero-order valence-corrected chi connectivity index (χ0v) is 67.6. The smallest absolute Gasteiger partial charge is 0.260 e. The molecular weight excluding hydrogens is 1410 g/mol. The number of nitrogens with zero attached hydrogens (tertiary/aromatic N) is 5. The van der Waals surface area contributed by atoms with Crippen molar-refractivity contribution >= 4 is 180 Å². The molecule has 9 heterocycles. The Morgan fingerprint density at radius 2 is 0.543 bits per heavy atom. The van der Waals surface area contributed by atoms with E-state index >= 15 is 0 Å². The molecule has 0 unspecified atom stereocenters. The van der Waals surface area contributed by atoms with Gasteiger partial charge in [-0.05, 0) is 272 Å². The number of fused-ring (bicyclic) bond motifs is 21. The summed E-state index contributed by atoms with van der Waals surface area (Å²) >= 11 is 0. The van der Waals surface area contributed by atoms with E-state index in [1.54, 1.807) is 0 Å². The monoisotopic (exact) mass is 1490 g/mol. The van der Waals surface area contributed by atoms with Gasteiger partial charge >= 0.3 is 0 Å². The van der Waals surface area contributed by atoms with Gasteiger partial charge in [-0.2, -0.15) is 0 Å². The molecule has 0 radical (unpaired) electrons. The van der Waals surface area contributed by atoms with Crippen LogP contribution in [0, 0.1) is 96.9 Å².